The molecule has 0 bridgehead atoms. The zero-order chi connectivity index (χ0) is 19.0. The molecular formula is C19H18N6O2. The maximum atomic E-state index is 12.7. The van der Waals surface area contributed by atoms with E-state index in [4.69, 9.17) is 5.26 Å². The molecular weight excluding hydrogens is 344 g/mol. The Bertz CT molecular complexity index is 1150. The summed E-state index contributed by atoms with van der Waals surface area (Å²) in [4.78, 5) is 35.6. The minimum Gasteiger partial charge on any atom is -0.341 e. The van der Waals surface area contributed by atoms with Gasteiger partial charge in [-0.3, -0.25) is 14.2 Å². The predicted molar refractivity (Wildman–Crippen MR) is 101 cm³/mol. The van der Waals surface area contributed by atoms with Gasteiger partial charge in [-0.1, -0.05) is 12.1 Å². The zero-order valence-electron chi connectivity index (χ0n) is 14.9. The van der Waals surface area contributed by atoms with Crippen LogP contribution in [0.15, 0.2) is 46.2 Å². The van der Waals surface area contributed by atoms with Gasteiger partial charge in [0.25, 0.3) is 0 Å². The summed E-state index contributed by atoms with van der Waals surface area (Å²) in [5, 5.41) is 8.85. The van der Waals surface area contributed by atoms with E-state index in [1.54, 1.807) is 11.6 Å². The van der Waals surface area contributed by atoms with Gasteiger partial charge >= 0.3 is 11.1 Å². The van der Waals surface area contributed by atoms with E-state index in [2.05, 4.69) is 9.97 Å². The van der Waals surface area contributed by atoms with Crippen molar-refractivity contribution >= 4 is 17.0 Å². The molecule has 0 unspecified atom stereocenters. The Balaban J connectivity index is 1.64. The number of nitrogens with zero attached hydrogens (tertiary/aromatic N) is 6. The lowest BCUT2D eigenvalue weighted by Crippen LogP contribution is -2.45. The van der Waals surface area contributed by atoms with E-state index in [9.17, 15) is 9.59 Å². The first-order valence-corrected chi connectivity index (χ1v) is 8.77. The molecule has 1 aliphatic heterocycles. The molecule has 0 N–H and O–H groups in total. The highest BCUT2D eigenvalue weighted by molar-refractivity contribution is 5.75. The molecule has 8 heteroatoms. The first-order chi connectivity index (χ1) is 13.1. The van der Waals surface area contributed by atoms with Gasteiger partial charge in [0, 0.05) is 26.2 Å². The molecule has 0 amide bonds. The summed E-state index contributed by atoms with van der Waals surface area (Å²) < 4.78 is 3.06. The van der Waals surface area contributed by atoms with E-state index < -0.39 is 11.1 Å². The molecule has 8 nitrogen and oxygen atoms in total. The lowest BCUT2D eigenvalue weighted by atomic mass is 10.0. The maximum Gasteiger partial charge on any atom is 0.317 e. The molecule has 136 valence electrons. The summed E-state index contributed by atoms with van der Waals surface area (Å²) in [5.74, 6) is 0.577. The molecule has 27 heavy (non-hydrogen) atoms. The summed E-state index contributed by atoms with van der Waals surface area (Å²) in [6.07, 6.45) is 4.43. The van der Waals surface area contributed by atoms with Gasteiger partial charge in [0.05, 0.1) is 29.0 Å². The van der Waals surface area contributed by atoms with Crippen LogP contribution in [0.5, 0.6) is 0 Å². The average Bonchev–Trinajstić information content (AvgIpc) is 2.73. The van der Waals surface area contributed by atoms with Crippen LogP contribution < -0.4 is 16.0 Å². The molecule has 0 saturated carbocycles. The molecule has 1 aliphatic rings. The highest BCUT2D eigenvalue weighted by Gasteiger charge is 2.25. The molecule has 0 atom stereocenters. The van der Waals surface area contributed by atoms with Gasteiger partial charge in [0.1, 0.15) is 6.07 Å². The van der Waals surface area contributed by atoms with Gasteiger partial charge in [-0.2, -0.15) is 5.26 Å². The minimum atomic E-state index is -0.508. The van der Waals surface area contributed by atoms with Crippen molar-refractivity contribution in [3.63, 3.8) is 0 Å². The summed E-state index contributed by atoms with van der Waals surface area (Å²) in [5.41, 5.74) is 0.959. The van der Waals surface area contributed by atoms with Crippen LogP contribution in [-0.4, -0.2) is 32.2 Å². The lowest BCUT2D eigenvalue weighted by Gasteiger charge is -2.33. The van der Waals surface area contributed by atoms with E-state index in [1.807, 2.05) is 35.2 Å². The van der Waals surface area contributed by atoms with E-state index in [0.717, 1.165) is 11.0 Å². The standard InChI is InChI=1S/C19H18N6O2/c1-23-15-4-2-3-5-16(15)25(18(27)17(23)26)14-6-8-24(9-7-14)19-21-11-13(10-20)12-22-19/h2-5,11-12,14H,6-9H2,1H3. The molecule has 3 heterocycles. The molecule has 4 rings (SSSR count). The third-order valence-corrected chi connectivity index (χ3v) is 5.09. The van der Waals surface area contributed by atoms with Crippen LogP contribution >= 0.6 is 0 Å². The van der Waals surface area contributed by atoms with Crippen molar-refractivity contribution in [2.45, 2.75) is 18.9 Å². The molecule has 1 saturated heterocycles. The smallest absolute Gasteiger partial charge is 0.317 e. The number of anilines is 1. The summed E-state index contributed by atoms with van der Waals surface area (Å²) >= 11 is 0. The number of hydrogen-bond acceptors (Lipinski definition) is 6. The Morgan fingerprint density at radius 1 is 1.04 bits per heavy atom. The summed E-state index contributed by atoms with van der Waals surface area (Å²) in [6, 6.07) is 9.43. The van der Waals surface area contributed by atoms with Gasteiger partial charge in [-0.25, -0.2) is 9.97 Å². The van der Waals surface area contributed by atoms with Crippen molar-refractivity contribution in [3.8, 4) is 6.07 Å². The summed E-state index contributed by atoms with van der Waals surface area (Å²) in [7, 11) is 1.63. The highest BCUT2D eigenvalue weighted by Crippen LogP contribution is 2.26. The molecule has 3 aromatic rings. The molecule has 0 aliphatic carbocycles. The average molecular weight is 362 g/mol. The second kappa shape index (κ2) is 6.68. The number of para-hydroxylation sites is 2. The molecule has 0 radical (unpaired) electrons. The molecule has 2 aromatic heterocycles. The first-order valence-electron chi connectivity index (χ1n) is 8.77. The number of aryl methyl sites for hydroxylation is 1. The Hall–Kier alpha value is -3.47. The Morgan fingerprint density at radius 3 is 2.30 bits per heavy atom. The fourth-order valence-corrected chi connectivity index (χ4v) is 3.65. The third-order valence-electron chi connectivity index (χ3n) is 5.09. The van der Waals surface area contributed by atoms with Crippen LogP contribution in [0.25, 0.3) is 11.0 Å². The van der Waals surface area contributed by atoms with E-state index in [-0.39, 0.29) is 6.04 Å². The van der Waals surface area contributed by atoms with Crippen molar-refractivity contribution in [1.29, 1.82) is 5.26 Å². The topological polar surface area (TPSA) is 96.8 Å². The Kier molecular flexibility index (Phi) is 4.20. The third kappa shape index (κ3) is 2.87. The normalized spacial score (nSPS) is 15.0. The summed E-state index contributed by atoms with van der Waals surface area (Å²) in [6.45, 7) is 1.35. The fraction of sp³-hybridized carbons (Fsp3) is 0.316. The van der Waals surface area contributed by atoms with Gasteiger partial charge < -0.3 is 9.47 Å². The molecule has 1 aromatic carbocycles. The number of nitriles is 1. The maximum absolute atomic E-state index is 12.7. The largest absolute Gasteiger partial charge is 0.341 e. The van der Waals surface area contributed by atoms with E-state index in [0.29, 0.717) is 37.4 Å². The number of piperidine rings is 1. The van der Waals surface area contributed by atoms with Gasteiger partial charge in [-0.15, -0.1) is 0 Å². The van der Waals surface area contributed by atoms with E-state index >= 15 is 0 Å². The fourth-order valence-electron chi connectivity index (χ4n) is 3.65. The van der Waals surface area contributed by atoms with Crippen molar-refractivity contribution < 1.29 is 0 Å². The van der Waals surface area contributed by atoms with Crippen molar-refractivity contribution in [2.75, 3.05) is 18.0 Å². The zero-order valence-corrected chi connectivity index (χ0v) is 14.9. The second-order valence-electron chi connectivity index (χ2n) is 6.63. The number of hydrogen-bond donors (Lipinski definition) is 0. The minimum absolute atomic E-state index is 0.0501. The number of fused-ring (bicyclic) bond motifs is 1. The Labute approximate surface area is 154 Å². The number of benzene rings is 1. The Morgan fingerprint density at radius 2 is 1.67 bits per heavy atom. The van der Waals surface area contributed by atoms with Crippen molar-refractivity contribution in [1.82, 2.24) is 19.1 Å². The molecule has 1 fully saturated rings. The SMILES string of the molecule is Cn1c(=O)c(=O)n(C2CCN(c3ncc(C#N)cn3)CC2)c2ccccc21. The highest BCUT2D eigenvalue weighted by atomic mass is 16.2. The second-order valence-corrected chi connectivity index (χ2v) is 6.63. The van der Waals surface area contributed by atoms with Crippen LogP contribution in [0.1, 0.15) is 24.4 Å². The van der Waals surface area contributed by atoms with Crippen LogP contribution in [0, 0.1) is 11.3 Å². The van der Waals surface area contributed by atoms with Crippen molar-refractivity contribution in [2.24, 2.45) is 7.05 Å². The lowest BCUT2D eigenvalue weighted by molar-refractivity contribution is 0.391. The quantitative estimate of drug-likeness (QED) is 0.636. The first kappa shape index (κ1) is 17.0. The predicted octanol–water partition coefficient (Wildman–Crippen LogP) is 1.20. The van der Waals surface area contributed by atoms with Crippen LogP contribution in [0.2, 0.25) is 0 Å². The number of rotatable bonds is 2. The van der Waals surface area contributed by atoms with Crippen LogP contribution in [0.4, 0.5) is 5.95 Å². The van der Waals surface area contributed by atoms with Gasteiger partial charge in [0.15, 0.2) is 0 Å². The van der Waals surface area contributed by atoms with Crippen LogP contribution in [-0.2, 0) is 7.05 Å². The van der Waals surface area contributed by atoms with Gasteiger partial charge in [-0.05, 0) is 25.0 Å². The van der Waals surface area contributed by atoms with E-state index in [1.165, 1.54) is 17.0 Å². The van der Waals surface area contributed by atoms with Crippen molar-refractivity contribution in [3.05, 3.63) is 62.9 Å². The number of aromatic nitrogens is 4. The molecule has 0 spiro atoms. The van der Waals surface area contributed by atoms with Gasteiger partial charge in [0.2, 0.25) is 5.95 Å². The van der Waals surface area contributed by atoms with Crippen LogP contribution in [0.3, 0.4) is 0 Å². The monoisotopic (exact) mass is 362 g/mol.